The summed E-state index contributed by atoms with van der Waals surface area (Å²) in [6.45, 7) is 0.530. The minimum Gasteiger partial charge on any atom is -0.508 e. The lowest BCUT2D eigenvalue weighted by molar-refractivity contribution is 0.134. The number of cyclic esters (lactones) is 1. The van der Waals surface area contributed by atoms with Gasteiger partial charge in [-0.1, -0.05) is 12.1 Å². The number of amides is 1. The number of benzene rings is 1. The lowest BCUT2D eigenvalue weighted by atomic mass is 10.1. The number of nitrogens with zero attached hydrogens (tertiary/aromatic N) is 1. The maximum atomic E-state index is 11.1. The Bertz CT molecular complexity index is 364. The van der Waals surface area contributed by atoms with Crippen LogP contribution < -0.4 is 0 Å². The molecule has 0 unspecified atom stereocenters. The average molecular weight is 193 g/mol. The molecule has 1 aliphatic heterocycles. The molecule has 0 saturated carbocycles. The van der Waals surface area contributed by atoms with E-state index < -0.39 is 0 Å². The van der Waals surface area contributed by atoms with Crippen LogP contribution in [0.1, 0.15) is 11.7 Å². The number of likely N-dealkylation sites (N-methyl/N-ethyl adjacent to an activating group) is 1. The highest BCUT2D eigenvalue weighted by Gasteiger charge is 2.29. The third kappa shape index (κ3) is 1.51. The van der Waals surface area contributed by atoms with E-state index in [9.17, 15) is 9.90 Å². The van der Waals surface area contributed by atoms with Gasteiger partial charge in [-0.25, -0.2) is 4.79 Å². The third-order valence-corrected chi connectivity index (χ3v) is 2.24. The van der Waals surface area contributed by atoms with Crippen molar-refractivity contribution in [2.45, 2.75) is 6.10 Å². The molecule has 0 aromatic heterocycles. The molecule has 1 saturated heterocycles. The van der Waals surface area contributed by atoms with Crippen LogP contribution in [0.25, 0.3) is 0 Å². The first-order valence-electron chi connectivity index (χ1n) is 4.37. The van der Waals surface area contributed by atoms with Gasteiger partial charge >= 0.3 is 6.09 Å². The second-order valence-electron chi connectivity index (χ2n) is 3.35. The van der Waals surface area contributed by atoms with Crippen LogP contribution in [0.2, 0.25) is 0 Å². The van der Waals surface area contributed by atoms with Crippen LogP contribution in [-0.4, -0.2) is 29.7 Å². The normalized spacial score (nSPS) is 21.1. The number of phenols is 1. The Labute approximate surface area is 81.7 Å². The number of hydrogen-bond donors (Lipinski definition) is 1. The lowest BCUT2D eigenvalue weighted by Gasteiger charge is -2.07. The van der Waals surface area contributed by atoms with Gasteiger partial charge in [0, 0.05) is 7.05 Å². The van der Waals surface area contributed by atoms with Gasteiger partial charge in [0.05, 0.1) is 6.54 Å². The molecule has 1 amide bonds. The number of hydrogen-bond acceptors (Lipinski definition) is 3. The standard InChI is InChI=1S/C10H11NO3/c1-11-6-9(14-10(11)13)7-3-2-4-8(12)5-7/h2-5,9,12H,6H2,1H3/t9-/m0/s1. The summed E-state index contributed by atoms with van der Waals surface area (Å²) in [5.41, 5.74) is 0.822. The van der Waals surface area contributed by atoms with Crippen LogP contribution in [0.3, 0.4) is 0 Å². The van der Waals surface area contributed by atoms with E-state index in [4.69, 9.17) is 4.74 Å². The quantitative estimate of drug-likeness (QED) is 0.735. The van der Waals surface area contributed by atoms with Crippen molar-refractivity contribution in [3.05, 3.63) is 29.8 Å². The molecule has 1 atom stereocenters. The van der Waals surface area contributed by atoms with Gasteiger partial charge in [0.25, 0.3) is 0 Å². The molecule has 1 aromatic carbocycles. The molecule has 74 valence electrons. The van der Waals surface area contributed by atoms with E-state index >= 15 is 0 Å². The average Bonchev–Trinajstić information content (AvgIpc) is 2.47. The first kappa shape index (κ1) is 8.87. The molecular weight excluding hydrogens is 182 g/mol. The lowest BCUT2D eigenvalue weighted by Crippen LogP contribution is -2.17. The Kier molecular flexibility index (Phi) is 2.04. The number of ether oxygens (including phenoxy) is 1. The highest BCUT2D eigenvalue weighted by atomic mass is 16.6. The van der Waals surface area contributed by atoms with E-state index in [1.807, 2.05) is 6.07 Å². The van der Waals surface area contributed by atoms with E-state index in [1.165, 1.54) is 4.90 Å². The molecule has 2 rings (SSSR count). The molecule has 4 heteroatoms. The number of aromatic hydroxyl groups is 1. The number of carbonyl (C=O) groups is 1. The molecule has 1 fully saturated rings. The Morgan fingerprint density at radius 2 is 2.36 bits per heavy atom. The van der Waals surface area contributed by atoms with Crippen LogP contribution in [-0.2, 0) is 4.74 Å². The van der Waals surface area contributed by atoms with Crippen LogP contribution in [0, 0.1) is 0 Å². The summed E-state index contributed by atoms with van der Waals surface area (Å²) in [6.07, 6.45) is -0.585. The van der Waals surface area contributed by atoms with Crippen molar-refractivity contribution in [3.8, 4) is 5.75 Å². The summed E-state index contributed by atoms with van der Waals surface area (Å²) in [4.78, 5) is 12.6. The minimum absolute atomic E-state index is 0.188. The molecule has 0 aliphatic carbocycles. The second-order valence-corrected chi connectivity index (χ2v) is 3.35. The molecule has 0 bridgehead atoms. The summed E-state index contributed by atoms with van der Waals surface area (Å²) in [5.74, 6) is 0.188. The van der Waals surface area contributed by atoms with Gasteiger partial charge in [-0.15, -0.1) is 0 Å². The van der Waals surface area contributed by atoms with Crippen LogP contribution in [0.4, 0.5) is 4.79 Å². The van der Waals surface area contributed by atoms with Crippen molar-refractivity contribution in [2.24, 2.45) is 0 Å². The molecule has 1 aromatic rings. The fourth-order valence-electron chi connectivity index (χ4n) is 1.47. The fourth-order valence-corrected chi connectivity index (χ4v) is 1.47. The van der Waals surface area contributed by atoms with Gasteiger partial charge in [-0.3, -0.25) is 0 Å². The van der Waals surface area contributed by atoms with Crippen molar-refractivity contribution < 1.29 is 14.6 Å². The van der Waals surface area contributed by atoms with Crippen molar-refractivity contribution in [3.63, 3.8) is 0 Å². The van der Waals surface area contributed by atoms with Crippen molar-refractivity contribution in [1.29, 1.82) is 0 Å². The monoisotopic (exact) mass is 193 g/mol. The van der Waals surface area contributed by atoms with Gasteiger partial charge < -0.3 is 14.7 Å². The van der Waals surface area contributed by atoms with Crippen LogP contribution >= 0.6 is 0 Å². The molecule has 14 heavy (non-hydrogen) atoms. The van der Waals surface area contributed by atoms with Crippen molar-refractivity contribution in [1.82, 2.24) is 4.90 Å². The first-order chi connectivity index (χ1) is 6.66. The van der Waals surface area contributed by atoms with Gasteiger partial charge in [0.2, 0.25) is 0 Å². The Morgan fingerprint density at radius 3 is 2.93 bits per heavy atom. The molecule has 1 N–H and O–H groups in total. The van der Waals surface area contributed by atoms with Crippen LogP contribution in [0.5, 0.6) is 5.75 Å². The highest BCUT2D eigenvalue weighted by molar-refractivity contribution is 5.69. The molecule has 4 nitrogen and oxygen atoms in total. The van der Waals surface area contributed by atoms with E-state index in [-0.39, 0.29) is 17.9 Å². The third-order valence-electron chi connectivity index (χ3n) is 2.24. The molecule has 1 aliphatic rings. The second kappa shape index (κ2) is 3.21. The van der Waals surface area contributed by atoms with E-state index in [2.05, 4.69) is 0 Å². The molecule has 0 radical (unpaired) electrons. The minimum atomic E-state index is -0.321. The highest BCUT2D eigenvalue weighted by Crippen LogP contribution is 2.26. The van der Waals surface area contributed by atoms with Crippen molar-refractivity contribution >= 4 is 6.09 Å². The van der Waals surface area contributed by atoms with E-state index in [0.717, 1.165) is 5.56 Å². The Balaban J connectivity index is 2.21. The largest absolute Gasteiger partial charge is 0.508 e. The fraction of sp³-hybridized carbons (Fsp3) is 0.300. The predicted octanol–water partition coefficient (Wildman–Crippen LogP) is 1.52. The van der Waals surface area contributed by atoms with Crippen molar-refractivity contribution in [2.75, 3.05) is 13.6 Å². The first-order valence-corrected chi connectivity index (χ1v) is 4.37. The molecular formula is C10H11NO3. The van der Waals surface area contributed by atoms with E-state index in [0.29, 0.717) is 6.54 Å². The topological polar surface area (TPSA) is 49.8 Å². The van der Waals surface area contributed by atoms with Gasteiger partial charge in [-0.2, -0.15) is 0 Å². The van der Waals surface area contributed by atoms with Gasteiger partial charge in [0.1, 0.15) is 11.9 Å². The predicted molar refractivity (Wildman–Crippen MR) is 50.0 cm³/mol. The zero-order valence-corrected chi connectivity index (χ0v) is 7.80. The molecule has 1 heterocycles. The maximum Gasteiger partial charge on any atom is 0.410 e. The Morgan fingerprint density at radius 1 is 1.57 bits per heavy atom. The van der Waals surface area contributed by atoms with Crippen LogP contribution in [0.15, 0.2) is 24.3 Å². The van der Waals surface area contributed by atoms with Gasteiger partial charge in [-0.05, 0) is 17.7 Å². The summed E-state index contributed by atoms with van der Waals surface area (Å²) in [7, 11) is 1.69. The maximum absolute atomic E-state index is 11.1. The molecule has 0 spiro atoms. The summed E-state index contributed by atoms with van der Waals surface area (Å²) >= 11 is 0. The number of phenolic OH excluding ortho intramolecular Hbond substituents is 1. The summed E-state index contributed by atoms with van der Waals surface area (Å²) < 4.78 is 5.09. The smallest absolute Gasteiger partial charge is 0.410 e. The zero-order valence-electron chi connectivity index (χ0n) is 7.80. The van der Waals surface area contributed by atoms with E-state index in [1.54, 1.807) is 25.2 Å². The number of rotatable bonds is 1. The SMILES string of the molecule is CN1C[C@@H](c2cccc(O)c2)OC1=O. The summed E-state index contributed by atoms with van der Waals surface area (Å²) in [5, 5.41) is 9.25. The number of carbonyl (C=O) groups excluding carboxylic acids is 1. The zero-order chi connectivity index (χ0) is 10.1. The Hall–Kier alpha value is -1.71. The van der Waals surface area contributed by atoms with Gasteiger partial charge in [0.15, 0.2) is 0 Å². The summed E-state index contributed by atoms with van der Waals surface area (Å²) in [6, 6.07) is 6.76.